The monoisotopic (exact) mass is 447 g/mol. The SMILES string of the molecule is CCOC(=O)c1c(NC(=O)C(=O)N/N=C\c2ccccc2Cl)sc2c1CC[C@H](C)C2. The lowest BCUT2D eigenvalue weighted by Gasteiger charge is -2.18. The first kappa shape index (κ1) is 22.0. The van der Waals surface area contributed by atoms with Crippen LogP contribution in [0.5, 0.6) is 0 Å². The van der Waals surface area contributed by atoms with Gasteiger partial charge in [-0.2, -0.15) is 5.10 Å². The van der Waals surface area contributed by atoms with Crippen LogP contribution in [0.4, 0.5) is 5.00 Å². The summed E-state index contributed by atoms with van der Waals surface area (Å²) < 4.78 is 5.17. The van der Waals surface area contributed by atoms with Crippen LogP contribution in [0.15, 0.2) is 29.4 Å². The molecule has 0 unspecified atom stereocenters. The zero-order valence-corrected chi connectivity index (χ0v) is 18.2. The van der Waals surface area contributed by atoms with E-state index in [4.69, 9.17) is 16.3 Å². The van der Waals surface area contributed by atoms with E-state index in [-0.39, 0.29) is 6.61 Å². The Morgan fingerprint density at radius 2 is 2.07 bits per heavy atom. The average Bonchev–Trinajstić information content (AvgIpc) is 3.06. The number of carbonyl (C=O) groups is 3. The van der Waals surface area contributed by atoms with Crippen molar-refractivity contribution in [2.75, 3.05) is 11.9 Å². The number of thiophene rings is 1. The van der Waals surface area contributed by atoms with Gasteiger partial charge in [0.05, 0.1) is 18.4 Å². The van der Waals surface area contributed by atoms with Gasteiger partial charge in [-0.1, -0.05) is 36.7 Å². The van der Waals surface area contributed by atoms with Gasteiger partial charge in [0.25, 0.3) is 0 Å². The maximum Gasteiger partial charge on any atom is 0.341 e. The zero-order chi connectivity index (χ0) is 21.7. The minimum Gasteiger partial charge on any atom is -0.462 e. The van der Waals surface area contributed by atoms with E-state index in [9.17, 15) is 14.4 Å². The molecule has 0 saturated carbocycles. The molecule has 0 bridgehead atoms. The molecule has 0 spiro atoms. The summed E-state index contributed by atoms with van der Waals surface area (Å²) in [6.07, 6.45) is 3.88. The fraction of sp³-hybridized carbons (Fsp3) is 0.333. The van der Waals surface area contributed by atoms with E-state index < -0.39 is 17.8 Å². The second-order valence-electron chi connectivity index (χ2n) is 6.95. The minimum atomic E-state index is -0.951. The number of halogens is 1. The summed E-state index contributed by atoms with van der Waals surface area (Å²) in [7, 11) is 0. The highest BCUT2D eigenvalue weighted by molar-refractivity contribution is 7.17. The smallest absolute Gasteiger partial charge is 0.341 e. The highest BCUT2D eigenvalue weighted by atomic mass is 35.5. The molecular formula is C21H22ClN3O4S. The molecule has 0 aliphatic heterocycles. The van der Waals surface area contributed by atoms with Crippen molar-refractivity contribution < 1.29 is 19.1 Å². The van der Waals surface area contributed by atoms with Crippen molar-refractivity contribution in [3.05, 3.63) is 50.9 Å². The summed E-state index contributed by atoms with van der Waals surface area (Å²) in [6.45, 7) is 4.10. The maximum absolute atomic E-state index is 12.5. The highest BCUT2D eigenvalue weighted by Crippen LogP contribution is 2.40. The van der Waals surface area contributed by atoms with Gasteiger partial charge in [0, 0.05) is 15.5 Å². The Balaban J connectivity index is 1.73. The van der Waals surface area contributed by atoms with Crippen LogP contribution in [0, 0.1) is 5.92 Å². The second-order valence-corrected chi connectivity index (χ2v) is 8.46. The summed E-state index contributed by atoms with van der Waals surface area (Å²) in [5.74, 6) is -1.86. The summed E-state index contributed by atoms with van der Waals surface area (Å²) in [4.78, 5) is 38.0. The molecule has 1 atom stereocenters. The maximum atomic E-state index is 12.5. The van der Waals surface area contributed by atoms with Gasteiger partial charge in [-0.05, 0) is 43.7 Å². The molecule has 0 radical (unpaired) electrons. The second kappa shape index (κ2) is 9.86. The Labute approximate surface area is 183 Å². The summed E-state index contributed by atoms with van der Waals surface area (Å²) >= 11 is 7.34. The lowest BCUT2D eigenvalue weighted by atomic mass is 9.88. The molecule has 1 heterocycles. The molecule has 0 fully saturated rings. The van der Waals surface area contributed by atoms with E-state index in [1.54, 1.807) is 31.2 Å². The first-order valence-electron chi connectivity index (χ1n) is 9.61. The van der Waals surface area contributed by atoms with E-state index in [2.05, 4.69) is 22.8 Å². The largest absolute Gasteiger partial charge is 0.462 e. The predicted octanol–water partition coefficient (Wildman–Crippen LogP) is 3.79. The summed E-state index contributed by atoms with van der Waals surface area (Å²) in [5, 5.41) is 7.12. The molecule has 158 valence electrons. The van der Waals surface area contributed by atoms with E-state index in [0.29, 0.717) is 27.1 Å². The topological polar surface area (TPSA) is 96.9 Å². The Hall–Kier alpha value is -2.71. The van der Waals surface area contributed by atoms with Gasteiger partial charge >= 0.3 is 17.8 Å². The molecule has 9 heteroatoms. The molecule has 1 aliphatic rings. The Bertz CT molecular complexity index is 1000. The Morgan fingerprint density at radius 1 is 1.30 bits per heavy atom. The third-order valence-electron chi connectivity index (χ3n) is 4.70. The van der Waals surface area contributed by atoms with Crippen molar-refractivity contribution in [1.82, 2.24) is 5.43 Å². The van der Waals surface area contributed by atoms with Crippen LogP contribution in [-0.4, -0.2) is 30.6 Å². The molecular weight excluding hydrogens is 426 g/mol. The van der Waals surface area contributed by atoms with E-state index in [1.165, 1.54) is 17.6 Å². The number of esters is 1. The molecule has 0 saturated heterocycles. The number of nitrogens with zero attached hydrogens (tertiary/aromatic N) is 1. The number of anilines is 1. The zero-order valence-electron chi connectivity index (χ0n) is 16.7. The highest BCUT2D eigenvalue weighted by Gasteiger charge is 2.30. The van der Waals surface area contributed by atoms with Crippen molar-refractivity contribution in [2.24, 2.45) is 11.0 Å². The van der Waals surface area contributed by atoms with Crippen molar-refractivity contribution in [1.29, 1.82) is 0 Å². The van der Waals surface area contributed by atoms with Crippen LogP contribution in [-0.2, 0) is 27.2 Å². The van der Waals surface area contributed by atoms with E-state index >= 15 is 0 Å². The van der Waals surface area contributed by atoms with E-state index in [1.807, 2.05) is 0 Å². The molecule has 3 rings (SSSR count). The molecule has 1 aromatic carbocycles. The number of nitrogens with one attached hydrogen (secondary N) is 2. The lowest BCUT2D eigenvalue weighted by Crippen LogP contribution is -2.32. The number of hydrogen-bond acceptors (Lipinski definition) is 6. The van der Waals surface area contributed by atoms with Crippen LogP contribution >= 0.6 is 22.9 Å². The first-order chi connectivity index (χ1) is 14.4. The Kier molecular flexibility index (Phi) is 7.23. The lowest BCUT2D eigenvalue weighted by molar-refractivity contribution is -0.136. The number of ether oxygens (including phenoxy) is 1. The average molecular weight is 448 g/mol. The molecule has 1 aromatic heterocycles. The molecule has 2 aromatic rings. The normalized spacial score (nSPS) is 15.5. The first-order valence-corrected chi connectivity index (χ1v) is 10.8. The molecule has 7 nitrogen and oxygen atoms in total. The van der Waals surface area contributed by atoms with Crippen LogP contribution < -0.4 is 10.7 Å². The number of benzene rings is 1. The number of hydrazone groups is 1. The van der Waals surface area contributed by atoms with Gasteiger partial charge in [-0.3, -0.25) is 9.59 Å². The number of fused-ring (bicyclic) bond motifs is 1. The molecule has 2 amide bonds. The van der Waals surface area contributed by atoms with Gasteiger partial charge in [-0.15, -0.1) is 11.3 Å². The van der Waals surface area contributed by atoms with Gasteiger partial charge < -0.3 is 10.1 Å². The number of carbonyl (C=O) groups excluding carboxylic acids is 3. The fourth-order valence-electron chi connectivity index (χ4n) is 3.21. The fourth-order valence-corrected chi connectivity index (χ4v) is 4.79. The van der Waals surface area contributed by atoms with Crippen LogP contribution in [0.3, 0.4) is 0 Å². The van der Waals surface area contributed by atoms with Crippen LogP contribution in [0.1, 0.15) is 46.6 Å². The van der Waals surface area contributed by atoms with Gasteiger partial charge in [0.15, 0.2) is 0 Å². The van der Waals surface area contributed by atoms with Crippen LogP contribution in [0.25, 0.3) is 0 Å². The predicted molar refractivity (Wildman–Crippen MR) is 117 cm³/mol. The third kappa shape index (κ3) is 5.06. The quantitative estimate of drug-likeness (QED) is 0.315. The Morgan fingerprint density at radius 3 is 2.80 bits per heavy atom. The molecule has 1 aliphatic carbocycles. The number of hydrogen-bond donors (Lipinski definition) is 2. The van der Waals surface area contributed by atoms with Gasteiger partial charge in [0.1, 0.15) is 5.00 Å². The van der Waals surface area contributed by atoms with Crippen molar-refractivity contribution in [3.8, 4) is 0 Å². The number of amides is 2. The van der Waals surface area contributed by atoms with Crippen molar-refractivity contribution >= 4 is 51.9 Å². The van der Waals surface area contributed by atoms with Crippen molar-refractivity contribution in [2.45, 2.75) is 33.1 Å². The standard InChI is InChI=1S/C21H22ClN3O4S/c1-3-29-21(28)17-14-9-8-12(2)10-16(14)30-20(17)24-18(26)19(27)25-23-11-13-6-4-5-7-15(13)22/h4-7,11-12H,3,8-10H2,1-2H3,(H,24,26)(H,25,27)/b23-11-/t12-/m0/s1. The van der Waals surface area contributed by atoms with Gasteiger partial charge in [0.2, 0.25) is 0 Å². The molecule has 2 N–H and O–H groups in total. The molecule has 30 heavy (non-hydrogen) atoms. The van der Waals surface area contributed by atoms with Crippen LogP contribution in [0.2, 0.25) is 5.02 Å². The summed E-state index contributed by atoms with van der Waals surface area (Å²) in [6, 6.07) is 6.96. The third-order valence-corrected chi connectivity index (χ3v) is 6.21. The number of rotatable bonds is 5. The minimum absolute atomic E-state index is 0.227. The summed E-state index contributed by atoms with van der Waals surface area (Å²) in [5.41, 5.74) is 4.03. The van der Waals surface area contributed by atoms with Crippen molar-refractivity contribution in [3.63, 3.8) is 0 Å². The van der Waals surface area contributed by atoms with Gasteiger partial charge in [-0.25, -0.2) is 10.2 Å². The van der Waals surface area contributed by atoms with E-state index in [0.717, 1.165) is 29.7 Å².